The lowest BCUT2D eigenvalue weighted by Crippen LogP contribution is -2.36. The number of rotatable bonds is 8. The molecule has 0 spiro atoms. The van der Waals surface area contributed by atoms with Crippen LogP contribution in [0.5, 0.6) is 0 Å². The minimum absolute atomic E-state index is 0. The van der Waals surface area contributed by atoms with E-state index in [1.165, 1.54) is 62.5 Å². The molecule has 8 aliphatic rings. The second-order valence-corrected chi connectivity index (χ2v) is 21.5. The van der Waals surface area contributed by atoms with E-state index in [1.54, 1.807) is 0 Å². The van der Waals surface area contributed by atoms with Crippen LogP contribution in [0.4, 0.5) is 0 Å². The van der Waals surface area contributed by atoms with Crippen LogP contribution in [0.25, 0.3) is 0 Å². The predicted molar refractivity (Wildman–Crippen MR) is 251 cm³/mol. The van der Waals surface area contributed by atoms with Crippen LogP contribution in [0.1, 0.15) is 151 Å². The average Bonchev–Trinajstić information content (AvgIpc) is 3.95. The van der Waals surface area contributed by atoms with E-state index in [2.05, 4.69) is 78.3 Å². The maximum Gasteiger partial charge on any atom is 0.333 e. The molecular weight excluding hydrogens is 789 g/mol. The van der Waals surface area contributed by atoms with E-state index in [-0.39, 0.29) is 31.6 Å². The van der Waals surface area contributed by atoms with Crippen LogP contribution in [-0.4, -0.2) is 69.0 Å². The molecule has 2 saturated heterocycles. The Morgan fingerprint density at radius 3 is 1.25 bits per heavy atom. The van der Waals surface area contributed by atoms with Crippen molar-refractivity contribution in [3.63, 3.8) is 0 Å². The predicted octanol–water partition coefficient (Wildman–Crippen LogP) is 10.7. The molecule has 0 aromatic heterocycles. The van der Waals surface area contributed by atoms with Crippen LogP contribution in [-0.2, 0) is 19.1 Å². The summed E-state index contributed by atoms with van der Waals surface area (Å²) in [5.41, 5.74) is 8.18. The number of allylic oxidation sites excluding steroid dienone is 6. The van der Waals surface area contributed by atoms with Gasteiger partial charge < -0.3 is 29.9 Å². The van der Waals surface area contributed by atoms with Crippen molar-refractivity contribution in [1.29, 1.82) is 0 Å². The van der Waals surface area contributed by atoms with Gasteiger partial charge in [0, 0.05) is 24.0 Å². The zero-order valence-electron chi connectivity index (χ0n) is 38.2. The number of carbonyl (C=O) groups is 2. The molecule has 8 heteroatoms. The number of carbonyl (C=O) groups excluding carboxylic acids is 2. The van der Waals surface area contributed by atoms with Crippen LogP contribution >= 0.6 is 0 Å². The van der Waals surface area contributed by atoms with Crippen molar-refractivity contribution >= 4 is 11.9 Å². The average molecular weight is 869 g/mol. The molecule has 0 amide bonds. The van der Waals surface area contributed by atoms with Gasteiger partial charge in [0.05, 0.1) is 24.4 Å². The molecule has 8 fully saturated rings. The number of aliphatic hydroxyl groups is 4. The summed E-state index contributed by atoms with van der Waals surface area (Å²) in [6.45, 7) is 24.9. The van der Waals surface area contributed by atoms with Crippen molar-refractivity contribution < 1.29 is 39.5 Å². The number of ether oxygens (including phenoxy) is 2. The lowest BCUT2D eigenvalue weighted by atomic mass is 9.60. The molecule has 348 valence electrons. The third kappa shape index (κ3) is 10.4. The van der Waals surface area contributed by atoms with Crippen LogP contribution < -0.4 is 0 Å². The molecule has 0 bridgehead atoms. The maximum atomic E-state index is 11.7. The number of esters is 2. The molecule has 2 heterocycles. The Kier molecular flexibility index (Phi) is 15.6. The standard InChI is InChI=1S/2C27H38O4.CH4/c2*1-16(12-21-13-17(2)26(30)31-21)22-9-10-23-20(6-5-11-27(22,23)4)8-7-19-14-24(28)18(3)25(29)15-19;/h2*7-8,16,21-25,28-29H,2-3,5-6,9-15H2,1,4H3;1H4/b2*20-8+;/t16-,21+,22?,23+,24-,25-,27-;16-,21-,22?,23+,24-,25-,27-;/m11./s1. The van der Waals surface area contributed by atoms with Gasteiger partial charge in [0.25, 0.3) is 0 Å². The third-order valence-electron chi connectivity index (χ3n) is 17.4. The van der Waals surface area contributed by atoms with Crippen molar-refractivity contribution in [2.45, 2.75) is 187 Å². The Bertz CT molecular complexity index is 1710. The van der Waals surface area contributed by atoms with Gasteiger partial charge in [-0.25, -0.2) is 9.59 Å². The first-order valence-electron chi connectivity index (χ1n) is 24.0. The van der Waals surface area contributed by atoms with Crippen molar-refractivity contribution in [1.82, 2.24) is 0 Å². The summed E-state index contributed by atoms with van der Waals surface area (Å²) < 4.78 is 11.0. The summed E-state index contributed by atoms with van der Waals surface area (Å²) in [5.74, 6) is 3.08. The molecule has 0 radical (unpaired) electrons. The highest BCUT2D eigenvalue weighted by molar-refractivity contribution is 5.90. The molecule has 4 N–H and O–H groups in total. The van der Waals surface area contributed by atoms with E-state index in [0.717, 1.165) is 36.8 Å². The second-order valence-electron chi connectivity index (χ2n) is 21.5. The number of hydrogen-bond donors (Lipinski definition) is 4. The van der Waals surface area contributed by atoms with Gasteiger partial charge in [-0.3, -0.25) is 0 Å². The van der Waals surface area contributed by atoms with Crippen LogP contribution in [0, 0.1) is 46.3 Å². The summed E-state index contributed by atoms with van der Waals surface area (Å²) in [6.07, 6.45) is 24.0. The molecule has 6 aliphatic carbocycles. The van der Waals surface area contributed by atoms with Crippen LogP contribution in [0.15, 0.2) is 95.2 Å². The van der Waals surface area contributed by atoms with Crippen LogP contribution in [0.2, 0.25) is 0 Å². The maximum absolute atomic E-state index is 11.7. The SMILES string of the molecule is C.C=C1C[C@@H](C[C@@H](C)C2CC[C@H]3/C(=C/C=C4C[C@@H](O)C(=C)[C@H](O)C4)CCC[C@]23C)OC1=O.C=C1C[C@H](C[C@@H](C)C2CC[C@H]3/C(=C/C=C4C[C@@H](O)C(=C)[C@H](O)C4)CCC[C@]23C)OC1=O. The lowest BCUT2D eigenvalue weighted by molar-refractivity contribution is -0.140. The van der Waals surface area contributed by atoms with Gasteiger partial charge in [0.1, 0.15) is 12.2 Å². The summed E-state index contributed by atoms with van der Waals surface area (Å²) >= 11 is 0. The van der Waals surface area contributed by atoms with Crippen molar-refractivity contribution in [3.8, 4) is 0 Å². The first kappa shape index (κ1) is 49.1. The third-order valence-corrected chi connectivity index (χ3v) is 17.4. The van der Waals surface area contributed by atoms with Gasteiger partial charge >= 0.3 is 11.9 Å². The largest absolute Gasteiger partial charge is 0.459 e. The van der Waals surface area contributed by atoms with Gasteiger partial charge in [0.2, 0.25) is 0 Å². The Balaban J connectivity index is 0.000000206. The smallest absolute Gasteiger partial charge is 0.333 e. The van der Waals surface area contributed by atoms with Gasteiger partial charge in [-0.15, -0.1) is 0 Å². The molecular formula is C55H80O8. The zero-order chi connectivity index (χ0) is 44.7. The normalized spacial score (nSPS) is 40.1. The fraction of sp³-hybridized carbons (Fsp3) is 0.673. The Hall–Kier alpha value is -3.30. The molecule has 2 unspecified atom stereocenters. The first-order valence-corrected chi connectivity index (χ1v) is 24.0. The summed E-state index contributed by atoms with van der Waals surface area (Å²) in [5, 5.41) is 40.5. The van der Waals surface area contributed by atoms with Gasteiger partial charge in [0.15, 0.2) is 0 Å². The number of fused-ring (bicyclic) bond motifs is 2. The molecule has 0 aromatic rings. The number of hydrogen-bond acceptors (Lipinski definition) is 8. The number of cyclic esters (lactones) is 2. The summed E-state index contributed by atoms with van der Waals surface area (Å²) in [7, 11) is 0. The van der Waals surface area contributed by atoms with Crippen molar-refractivity contribution in [2.75, 3.05) is 0 Å². The van der Waals surface area contributed by atoms with E-state index in [9.17, 15) is 30.0 Å². The monoisotopic (exact) mass is 869 g/mol. The quantitative estimate of drug-likeness (QED) is 0.108. The molecule has 6 saturated carbocycles. The fourth-order valence-electron chi connectivity index (χ4n) is 14.0. The minimum Gasteiger partial charge on any atom is -0.459 e. The highest BCUT2D eigenvalue weighted by Crippen LogP contribution is 2.61. The van der Waals surface area contributed by atoms with Crippen LogP contribution in [0.3, 0.4) is 0 Å². The molecule has 63 heavy (non-hydrogen) atoms. The molecule has 8 rings (SSSR count). The van der Waals surface area contributed by atoms with Crippen molar-refractivity contribution in [2.24, 2.45) is 46.3 Å². The van der Waals surface area contributed by atoms with Gasteiger partial charge in [-0.05, 0) is 160 Å². The van der Waals surface area contributed by atoms with E-state index >= 15 is 0 Å². The van der Waals surface area contributed by atoms with E-state index in [0.29, 0.717) is 107 Å². The fourth-order valence-corrected chi connectivity index (χ4v) is 14.0. The first-order chi connectivity index (χ1) is 29.4. The zero-order valence-corrected chi connectivity index (χ0v) is 38.2. The highest BCUT2D eigenvalue weighted by atomic mass is 16.6. The Morgan fingerprint density at radius 1 is 0.587 bits per heavy atom. The minimum atomic E-state index is -0.637. The molecule has 0 aromatic carbocycles. The highest BCUT2D eigenvalue weighted by Gasteiger charge is 2.52. The van der Waals surface area contributed by atoms with Gasteiger partial charge in [-0.1, -0.05) is 108 Å². The Morgan fingerprint density at radius 2 is 0.937 bits per heavy atom. The van der Waals surface area contributed by atoms with E-state index in [4.69, 9.17) is 9.47 Å². The molecule has 2 aliphatic heterocycles. The second kappa shape index (κ2) is 20.1. The topological polar surface area (TPSA) is 134 Å². The lowest BCUT2D eigenvalue weighted by Gasteiger charge is -2.44. The van der Waals surface area contributed by atoms with Crippen molar-refractivity contribution in [3.05, 3.63) is 95.2 Å². The molecule has 14 atom stereocenters. The van der Waals surface area contributed by atoms with E-state index in [1.807, 2.05) is 0 Å². The molecule has 8 nitrogen and oxygen atoms in total. The summed E-state index contributed by atoms with van der Waals surface area (Å²) in [6, 6.07) is 0. The van der Waals surface area contributed by atoms with E-state index < -0.39 is 24.4 Å². The summed E-state index contributed by atoms with van der Waals surface area (Å²) in [4.78, 5) is 23.4. The number of aliphatic hydroxyl groups excluding tert-OH is 4. The van der Waals surface area contributed by atoms with Gasteiger partial charge in [-0.2, -0.15) is 0 Å². The Labute approximate surface area is 379 Å².